The zero-order valence-electron chi connectivity index (χ0n) is 9.47. The average Bonchev–Trinajstić information content (AvgIpc) is 2.38. The standard InChI is InChI=1S/C13H11BrN2O2/c14-9-5-6-10(16-7-9)8-18-12-4-2-1-3-11(12)13(15)17/h1-7H,8H2,(H2,15,17). The van der Waals surface area contributed by atoms with E-state index in [-0.39, 0.29) is 6.61 Å². The highest BCUT2D eigenvalue weighted by Crippen LogP contribution is 2.18. The molecule has 2 N–H and O–H groups in total. The third kappa shape index (κ3) is 3.07. The Hall–Kier alpha value is -1.88. The van der Waals surface area contributed by atoms with Gasteiger partial charge >= 0.3 is 0 Å². The number of benzene rings is 1. The van der Waals surface area contributed by atoms with Crippen molar-refractivity contribution in [1.29, 1.82) is 0 Å². The van der Waals surface area contributed by atoms with Crippen LogP contribution in [0.15, 0.2) is 47.1 Å². The van der Waals surface area contributed by atoms with Gasteiger partial charge in [0.2, 0.25) is 0 Å². The van der Waals surface area contributed by atoms with E-state index in [1.54, 1.807) is 30.5 Å². The van der Waals surface area contributed by atoms with Crippen LogP contribution in [0.2, 0.25) is 0 Å². The van der Waals surface area contributed by atoms with Crippen molar-refractivity contribution in [1.82, 2.24) is 4.98 Å². The van der Waals surface area contributed by atoms with E-state index in [1.165, 1.54) is 0 Å². The van der Waals surface area contributed by atoms with Crippen molar-refractivity contribution in [2.24, 2.45) is 5.73 Å². The molecule has 0 radical (unpaired) electrons. The number of ether oxygens (including phenoxy) is 1. The van der Waals surface area contributed by atoms with Gasteiger partial charge in [0.05, 0.1) is 11.3 Å². The van der Waals surface area contributed by atoms with Crippen molar-refractivity contribution in [3.63, 3.8) is 0 Å². The van der Waals surface area contributed by atoms with Crippen molar-refractivity contribution in [2.45, 2.75) is 6.61 Å². The van der Waals surface area contributed by atoms with Gasteiger partial charge in [0.1, 0.15) is 12.4 Å². The van der Waals surface area contributed by atoms with Crippen molar-refractivity contribution in [2.75, 3.05) is 0 Å². The molecule has 0 aliphatic heterocycles. The number of carbonyl (C=O) groups is 1. The molecular weight excluding hydrogens is 296 g/mol. The fourth-order valence-electron chi connectivity index (χ4n) is 1.44. The van der Waals surface area contributed by atoms with Crippen LogP contribution >= 0.6 is 15.9 Å². The Labute approximate surface area is 113 Å². The second kappa shape index (κ2) is 5.64. The van der Waals surface area contributed by atoms with Gasteiger partial charge in [0, 0.05) is 10.7 Å². The number of halogens is 1. The molecule has 0 saturated carbocycles. The molecule has 1 aromatic carbocycles. The van der Waals surface area contributed by atoms with Gasteiger partial charge < -0.3 is 10.5 Å². The van der Waals surface area contributed by atoms with Crippen molar-refractivity contribution >= 4 is 21.8 Å². The van der Waals surface area contributed by atoms with Crippen molar-refractivity contribution in [3.8, 4) is 5.75 Å². The van der Waals surface area contributed by atoms with E-state index >= 15 is 0 Å². The van der Waals surface area contributed by atoms with Gasteiger partial charge in [-0.3, -0.25) is 9.78 Å². The highest BCUT2D eigenvalue weighted by atomic mass is 79.9. The zero-order valence-corrected chi connectivity index (χ0v) is 11.1. The highest BCUT2D eigenvalue weighted by Gasteiger charge is 2.08. The van der Waals surface area contributed by atoms with Gasteiger partial charge in [-0.2, -0.15) is 0 Å². The second-order valence-corrected chi connectivity index (χ2v) is 4.53. The number of primary amides is 1. The first-order chi connectivity index (χ1) is 8.66. The number of aromatic nitrogens is 1. The molecule has 0 saturated heterocycles. The van der Waals surface area contributed by atoms with Gasteiger partial charge in [0.25, 0.3) is 5.91 Å². The molecule has 2 rings (SSSR count). The van der Waals surface area contributed by atoms with Crippen molar-refractivity contribution < 1.29 is 9.53 Å². The van der Waals surface area contributed by atoms with Crippen LogP contribution in [0.3, 0.4) is 0 Å². The molecule has 0 unspecified atom stereocenters. The first-order valence-electron chi connectivity index (χ1n) is 5.29. The Morgan fingerprint density at radius 3 is 2.72 bits per heavy atom. The number of pyridine rings is 1. The Balaban J connectivity index is 2.10. The quantitative estimate of drug-likeness (QED) is 0.944. The summed E-state index contributed by atoms with van der Waals surface area (Å²) in [6, 6.07) is 10.6. The van der Waals surface area contributed by atoms with Crippen LogP contribution in [0.4, 0.5) is 0 Å². The van der Waals surface area contributed by atoms with Crippen LogP contribution in [-0.4, -0.2) is 10.9 Å². The number of carbonyl (C=O) groups excluding carboxylic acids is 1. The first kappa shape index (κ1) is 12.6. The van der Waals surface area contributed by atoms with Crippen LogP contribution in [0.5, 0.6) is 5.75 Å². The van der Waals surface area contributed by atoms with Gasteiger partial charge in [-0.25, -0.2) is 0 Å². The number of para-hydroxylation sites is 1. The van der Waals surface area contributed by atoms with Crippen LogP contribution in [0.1, 0.15) is 16.1 Å². The summed E-state index contributed by atoms with van der Waals surface area (Å²) in [5, 5.41) is 0. The molecule has 0 aliphatic carbocycles. The largest absolute Gasteiger partial charge is 0.486 e. The monoisotopic (exact) mass is 306 g/mol. The van der Waals surface area contributed by atoms with Crippen molar-refractivity contribution in [3.05, 3.63) is 58.3 Å². The SMILES string of the molecule is NC(=O)c1ccccc1OCc1ccc(Br)cn1. The van der Waals surface area contributed by atoms with E-state index in [0.29, 0.717) is 11.3 Å². The van der Waals surface area contributed by atoms with Gasteiger partial charge in [-0.15, -0.1) is 0 Å². The molecule has 5 heteroatoms. The van der Waals surface area contributed by atoms with E-state index in [9.17, 15) is 4.79 Å². The predicted octanol–water partition coefficient (Wildman–Crippen LogP) is 2.52. The molecule has 18 heavy (non-hydrogen) atoms. The van der Waals surface area contributed by atoms with Crippen LogP contribution in [0.25, 0.3) is 0 Å². The van der Waals surface area contributed by atoms with Crippen LogP contribution in [-0.2, 0) is 6.61 Å². The van der Waals surface area contributed by atoms with Crippen LogP contribution in [0, 0.1) is 0 Å². The molecule has 0 spiro atoms. The lowest BCUT2D eigenvalue weighted by Crippen LogP contribution is -2.13. The molecule has 4 nitrogen and oxygen atoms in total. The number of nitrogens with two attached hydrogens (primary N) is 1. The summed E-state index contributed by atoms with van der Waals surface area (Å²) in [5.74, 6) is -0.0379. The molecule has 0 aliphatic rings. The van der Waals surface area contributed by atoms with E-state index < -0.39 is 5.91 Å². The lowest BCUT2D eigenvalue weighted by Gasteiger charge is -2.08. The molecule has 0 bridgehead atoms. The molecular formula is C13H11BrN2O2. The Morgan fingerprint density at radius 2 is 2.06 bits per heavy atom. The van der Waals surface area contributed by atoms with Gasteiger partial charge in [-0.1, -0.05) is 12.1 Å². The third-order valence-corrected chi connectivity index (χ3v) is 2.79. The van der Waals surface area contributed by atoms with E-state index in [4.69, 9.17) is 10.5 Å². The summed E-state index contributed by atoms with van der Waals surface area (Å²) in [6.07, 6.45) is 1.69. The predicted molar refractivity (Wildman–Crippen MR) is 71.2 cm³/mol. The maximum Gasteiger partial charge on any atom is 0.252 e. The lowest BCUT2D eigenvalue weighted by atomic mass is 10.2. The maximum atomic E-state index is 11.2. The van der Waals surface area contributed by atoms with E-state index in [2.05, 4.69) is 20.9 Å². The number of hydrogen-bond donors (Lipinski definition) is 1. The minimum absolute atomic E-state index is 0.289. The summed E-state index contributed by atoms with van der Waals surface area (Å²) < 4.78 is 6.45. The average molecular weight is 307 g/mol. The fraction of sp³-hybridized carbons (Fsp3) is 0.0769. The molecule has 1 amide bonds. The lowest BCUT2D eigenvalue weighted by molar-refractivity contribution is 0.0996. The number of rotatable bonds is 4. The summed E-state index contributed by atoms with van der Waals surface area (Å²) in [6.45, 7) is 0.289. The smallest absolute Gasteiger partial charge is 0.252 e. The summed E-state index contributed by atoms with van der Waals surface area (Å²) in [4.78, 5) is 15.4. The van der Waals surface area contributed by atoms with Gasteiger partial charge in [-0.05, 0) is 40.2 Å². The number of hydrogen-bond acceptors (Lipinski definition) is 3. The molecule has 0 atom stereocenters. The topological polar surface area (TPSA) is 65.2 Å². The van der Waals surface area contributed by atoms with E-state index in [1.807, 2.05) is 12.1 Å². The summed E-state index contributed by atoms with van der Waals surface area (Å²) in [7, 11) is 0. The second-order valence-electron chi connectivity index (χ2n) is 3.62. The van der Waals surface area contributed by atoms with Gasteiger partial charge in [0.15, 0.2) is 0 Å². The summed E-state index contributed by atoms with van der Waals surface area (Å²) in [5.41, 5.74) is 6.41. The number of nitrogens with zero attached hydrogens (tertiary/aromatic N) is 1. The normalized spacial score (nSPS) is 10.1. The third-order valence-electron chi connectivity index (χ3n) is 2.32. The number of amides is 1. The molecule has 2 aromatic rings. The first-order valence-corrected chi connectivity index (χ1v) is 6.08. The highest BCUT2D eigenvalue weighted by molar-refractivity contribution is 9.10. The molecule has 1 heterocycles. The summed E-state index contributed by atoms with van der Waals surface area (Å²) >= 11 is 3.31. The molecule has 0 fully saturated rings. The zero-order chi connectivity index (χ0) is 13.0. The van der Waals surface area contributed by atoms with Crippen LogP contribution < -0.4 is 10.5 Å². The Bertz CT molecular complexity index is 555. The minimum atomic E-state index is -0.505. The Morgan fingerprint density at radius 1 is 1.28 bits per heavy atom. The Kier molecular flexibility index (Phi) is 3.94. The molecule has 92 valence electrons. The van der Waals surface area contributed by atoms with E-state index in [0.717, 1.165) is 10.2 Å². The maximum absolute atomic E-state index is 11.2. The molecule has 1 aromatic heterocycles. The fourth-order valence-corrected chi connectivity index (χ4v) is 1.67. The minimum Gasteiger partial charge on any atom is -0.486 e.